The van der Waals surface area contributed by atoms with E-state index in [1.54, 1.807) is 0 Å². The van der Waals surface area contributed by atoms with Gasteiger partial charge < -0.3 is 19.7 Å². The molecule has 8 heteroatoms. The van der Waals surface area contributed by atoms with Crippen molar-refractivity contribution >= 4 is 35.6 Å². The standard InChI is InChI=1S/C18H25N7.HI/c1-19-18(20-14-17-22-21-16-8-5-9-25(16)17)24-12-10-23(11-13-24)15-6-3-2-4-7-15;/h2-4,6-7H,5,8-14H2,1H3,(H,19,20);1H. The first-order valence-corrected chi connectivity index (χ1v) is 9.01. The Labute approximate surface area is 171 Å². The average Bonchev–Trinajstić information content (AvgIpc) is 3.28. The van der Waals surface area contributed by atoms with E-state index in [9.17, 15) is 0 Å². The van der Waals surface area contributed by atoms with E-state index in [0.717, 1.165) is 56.8 Å². The molecule has 0 bridgehead atoms. The van der Waals surface area contributed by atoms with Gasteiger partial charge in [0.2, 0.25) is 0 Å². The summed E-state index contributed by atoms with van der Waals surface area (Å²) in [5.74, 6) is 3.07. The molecule has 1 aromatic heterocycles. The maximum atomic E-state index is 4.46. The molecule has 1 aromatic carbocycles. The number of piperazine rings is 1. The molecular weight excluding hydrogens is 441 g/mol. The molecule has 0 amide bonds. The second-order valence-electron chi connectivity index (χ2n) is 6.50. The van der Waals surface area contributed by atoms with Gasteiger partial charge in [0.1, 0.15) is 5.82 Å². The first-order chi connectivity index (χ1) is 12.3. The SMILES string of the molecule is CN=C(NCc1nnc2n1CCC2)N1CCN(c2ccccc2)CC1.I. The van der Waals surface area contributed by atoms with Crippen molar-refractivity contribution in [3.05, 3.63) is 42.0 Å². The topological polar surface area (TPSA) is 61.6 Å². The van der Waals surface area contributed by atoms with Gasteiger partial charge in [-0.3, -0.25) is 4.99 Å². The van der Waals surface area contributed by atoms with Gasteiger partial charge in [-0.05, 0) is 18.6 Å². The smallest absolute Gasteiger partial charge is 0.194 e. The molecule has 1 N–H and O–H groups in total. The number of nitrogens with zero attached hydrogens (tertiary/aromatic N) is 6. The Balaban J connectivity index is 0.00000196. The number of hydrogen-bond donors (Lipinski definition) is 1. The Kier molecular flexibility index (Phi) is 6.33. The van der Waals surface area contributed by atoms with Crippen molar-refractivity contribution < 1.29 is 0 Å². The van der Waals surface area contributed by atoms with Crippen molar-refractivity contribution in [1.82, 2.24) is 25.0 Å². The van der Waals surface area contributed by atoms with Crippen molar-refractivity contribution in [3.8, 4) is 0 Å². The van der Waals surface area contributed by atoms with Crippen LogP contribution in [0.2, 0.25) is 0 Å². The van der Waals surface area contributed by atoms with Gasteiger partial charge in [0.25, 0.3) is 0 Å². The highest BCUT2D eigenvalue weighted by atomic mass is 127. The molecule has 2 aliphatic rings. The first kappa shape index (κ1) is 18.9. The van der Waals surface area contributed by atoms with E-state index in [1.807, 2.05) is 7.05 Å². The summed E-state index contributed by atoms with van der Waals surface area (Å²) in [5.41, 5.74) is 1.30. The Morgan fingerprint density at radius 2 is 1.85 bits per heavy atom. The number of nitrogens with one attached hydrogen (secondary N) is 1. The summed E-state index contributed by atoms with van der Waals surface area (Å²) >= 11 is 0. The van der Waals surface area contributed by atoms with E-state index in [4.69, 9.17) is 0 Å². The maximum absolute atomic E-state index is 4.46. The molecule has 0 aliphatic carbocycles. The van der Waals surface area contributed by atoms with E-state index < -0.39 is 0 Å². The minimum absolute atomic E-state index is 0. The van der Waals surface area contributed by atoms with Crippen LogP contribution in [0, 0.1) is 0 Å². The molecule has 0 atom stereocenters. The molecule has 0 saturated carbocycles. The number of halogens is 1. The molecule has 0 spiro atoms. The van der Waals surface area contributed by atoms with Crippen LogP contribution in [0.15, 0.2) is 35.3 Å². The predicted molar refractivity (Wildman–Crippen MR) is 114 cm³/mol. The van der Waals surface area contributed by atoms with Crippen LogP contribution in [-0.2, 0) is 19.5 Å². The Morgan fingerprint density at radius 1 is 1.08 bits per heavy atom. The summed E-state index contributed by atoms with van der Waals surface area (Å²) in [6.45, 7) is 5.65. The number of rotatable bonds is 3. The van der Waals surface area contributed by atoms with Crippen molar-refractivity contribution in [2.45, 2.75) is 25.9 Å². The lowest BCUT2D eigenvalue weighted by atomic mass is 10.2. The second-order valence-corrected chi connectivity index (χ2v) is 6.50. The fourth-order valence-corrected chi connectivity index (χ4v) is 3.65. The number of para-hydroxylation sites is 1. The van der Waals surface area contributed by atoms with Crippen LogP contribution < -0.4 is 10.2 Å². The molecule has 2 aliphatic heterocycles. The third kappa shape index (κ3) is 3.94. The van der Waals surface area contributed by atoms with Crippen LogP contribution in [-0.4, -0.2) is 58.9 Å². The van der Waals surface area contributed by atoms with E-state index >= 15 is 0 Å². The lowest BCUT2D eigenvalue weighted by Gasteiger charge is -2.37. The van der Waals surface area contributed by atoms with Crippen LogP contribution in [0.5, 0.6) is 0 Å². The number of benzene rings is 1. The normalized spacial score (nSPS) is 17.0. The van der Waals surface area contributed by atoms with Gasteiger partial charge in [0.15, 0.2) is 11.8 Å². The number of guanidine groups is 1. The zero-order valence-electron chi connectivity index (χ0n) is 15.1. The van der Waals surface area contributed by atoms with E-state index in [-0.39, 0.29) is 24.0 Å². The van der Waals surface area contributed by atoms with E-state index in [1.165, 1.54) is 12.1 Å². The van der Waals surface area contributed by atoms with Gasteiger partial charge >= 0.3 is 0 Å². The first-order valence-electron chi connectivity index (χ1n) is 9.01. The monoisotopic (exact) mass is 467 g/mol. The summed E-state index contributed by atoms with van der Waals surface area (Å²) in [7, 11) is 1.85. The fraction of sp³-hybridized carbons (Fsp3) is 0.500. The maximum Gasteiger partial charge on any atom is 0.194 e. The second kappa shape index (κ2) is 8.70. The summed E-state index contributed by atoms with van der Waals surface area (Å²) in [4.78, 5) is 9.20. The number of aryl methyl sites for hydroxylation is 1. The van der Waals surface area contributed by atoms with Gasteiger partial charge in [0.05, 0.1) is 6.54 Å². The lowest BCUT2D eigenvalue weighted by molar-refractivity contribution is 0.371. The predicted octanol–water partition coefficient (Wildman–Crippen LogP) is 1.74. The van der Waals surface area contributed by atoms with Crippen LogP contribution in [0.25, 0.3) is 0 Å². The van der Waals surface area contributed by atoms with Gasteiger partial charge in [-0.25, -0.2) is 0 Å². The minimum atomic E-state index is 0. The molecule has 1 fully saturated rings. The van der Waals surface area contributed by atoms with Crippen molar-refractivity contribution in [2.75, 3.05) is 38.1 Å². The van der Waals surface area contributed by atoms with E-state index in [2.05, 4.69) is 65.2 Å². The summed E-state index contributed by atoms with van der Waals surface area (Å²) < 4.78 is 2.23. The third-order valence-corrected chi connectivity index (χ3v) is 5.00. The number of anilines is 1. The number of aromatic nitrogens is 3. The van der Waals surface area contributed by atoms with Gasteiger partial charge in [-0.1, -0.05) is 18.2 Å². The molecular formula is C18H26IN7. The third-order valence-electron chi connectivity index (χ3n) is 5.00. The van der Waals surface area contributed by atoms with Crippen LogP contribution >= 0.6 is 24.0 Å². The zero-order valence-corrected chi connectivity index (χ0v) is 17.5. The zero-order chi connectivity index (χ0) is 17.1. The molecule has 2 aromatic rings. The van der Waals surface area contributed by atoms with E-state index in [0.29, 0.717) is 6.54 Å². The Morgan fingerprint density at radius 3 is 2.58 bits per heavy atom. The molecule has 140 valence electrons. The highest BCUT2D eigenvalue weighted by molar-refractivity contribution is 14.0. The van der Waals surface area contributed by atoms with Gasteiger partial charge in [-0.15, -0.1) is 34.2 Å². The average molecular weight is 467 g/mol. The molecule has 3 heterocycles. The van der Waals surface area contributed by atoms with Crippen molar-refractivity contribution in [2.24, 2.45) is 4.99 Å². The Bertz CT molecular complexity index is 735. The highest BCUT2D eigenvalue weighted by Gasteiger charge is 2.21. The van der Waals surface area contributed by atoms with Gasteiger partial charge in [-0.2, -0.15) is 0 Å². The highest BCUT2D eigenvalue weighted by Crippen LogP contribution is 2.16. The van der Waals surface area contributed by atoms with Crippen LogP contribution in [0.1, 0.15) is 18.1 Å². The number of fused-ring (bicyclic) bond motifs is 1. The molecule has 4 rings (SSSR count). The molecule has 7 nitrogen and oxygen atoms in total. The number of hydrogen-bond acceptors (Lipinski definition) is 4. The lowest BCUT2D eigenvalue weighted by Crippen LogP contribution is -2.52. The summed E-state index contributed by atoms with van der Waals surface area (Å²) in [6, 6.07) is 10.6. The van der Waals surface area contributed by atoms with Crippen molar-refractivity contribution in [1.29, 1.82) is 0 Å². The minimum Gasteiger partial charge on any atom is -0.368 e. The molecule has 26 heavy (non-hydrogen) atoms. The van der Waals surface area contributed by atoms with Crippen molar-refractivity contribution in [3.63, 3.8) is 0 Å². The summed E-state index contributed by atoms with van der Waals surface area (Å²) in [6.07, 6.45) is 2.22. The Hall–Kier alpha value is -1.84. The quantitative estimate of drug-likeness (QED) is 0.424. The van der Waals surface area contributed by atoms with Gasteiger partial charge in [0, 0.05) is 51.9 Å². The number of aliphatic imine (C=N–C) groups is 1. The molecule has 1 saturated heterocycles. The van der Waals surface area contributed by atoms with Crippen LogP contribution in [0.3, 0.4) is 0 Å². The fourth-order valence-electron chi connectivity index (χ4n) is 3.65. The molecule has 0 radical (unpaired) electrons. The largest absolute Gasteiger partial charge is 0.368 e. The van der Waals surface area contributed by atoms with Crippen LogP contribution in [0.4, 0.5) is 5.69 Å². The molecule has 0 unspecified atom stereocenters. The summed E-state index contributed by atoms with van der Waals surface area (Å²) in [5, 5.41) is 12.0.